The first kappa shape index (κ1) is 6.62. The summed E-state index contributed by atoms with van der Waals surface area (Å²) in [6.07, 6.45) is 4.05. The molecule has 2 unspecified atom stereocenters. The fourth-order valence-electron chi connectivity index (χ4n) is 0.765. The summed E-state index contributed by atoms with van der Waals surface area (Å²) in [4.78, 5) is 0. The van der Waals surface area contributed by atoms with Crippen LogP contribution in [0.2, 0.25) is 0 Å². The Kier molecular flexibility index (Phi) is 2.11. The van der Waals surface area contributed by atoms with Crippen molar-refractivity contribution in [3.05, 3.63) is 12.3 Å². The number of hydrogen-bond donors (Lipinski definition) is 1. The lowest BCUT2D eigenvalue weighted by molar-refractivity contribution is 0.135. The molecule has 0 amide bonds. The SMILES string of the molecule is CC1NCC=COC1C. The molecule has 0 aromatic heterocycles. The maximum Gasteiger partial charge on any atom is 0.110 e. The van der Waals surface area contributed by atoms with Gasteiger partial charge in [-0.1, -0.05) is 0 Å². The first-order valence-electron chi connectivity index (χ1n) is 3.34. The molecule has 0 bridgehead atoms. The predicted molar refractivity (Wildman–Crippen MR) is 37.2 cm³/mol. The van der Waals surface area contributed by atoms with Crippen LogP contribution in [0.4, 0.5) is 0 Å². The van der Waals surface area contributed by atoms with Crippen molar-refractivity contribution in [1.82, 2.24) is 5.32 Å². The average molecular weight is 127 g/mol. The van der Waals surface area contributed by atoms with Crippen molar-refractivity contribution in [2.75, 3.05) is 6.54 Å². The molecule has 1 aliphatic heterocycles. The van der Waals surface area contributed by atoms with Gasteiger partial charge in [-0.05, 0) is 19.9 Å². The molecule has 0 fully saturated rings. The van der Waals surface area contributed by atoms with Crippen LogP contribution in [0.5, 0.6) is 0 Å². The number of rotatable bonds is 0. The number of nitrogens with one attached hydrogen (secondary N) is 1. The smallest absolute Gasteiger partial charge is 0.110 e. The normalized spacial score (nSPS) is 35.3. The maximum absolute atomic E-state index is 5.27. The van der Waals surface area contributed by atoms with Crippen LogP contribution in [-0.4, -0.2) is 18.7 Å². The Hall–Kier alpha value is -0.500. The molecule has 0 spiro atoms. The van der Waals surface area contributed by atoms with E-state index in [2.05, 4.69) is 19.2 Å². The standard InChI is InChI=1S/C7H13NO/c1-6-7(2)9-5-3-4-8-6/h3,5-8H,4H2,1-2H3. The van der Waals surface area contributed by atoms with E-state index in [0.29, 0.717) is 12.1 Å². The summed E-state index contributed by atoms with van der Waals surface area (Å²) in [7, 11) is 0. The van der Waals surface area contributed by atoms with Gasteiger partial charge in [-0.15, -0.1) is 0 Å². The summed E-state index contributed by atoms with van der Waals surface area (Å²) in [6.45, 7) is 5.11. The van der Waals surface area contributed by atoms with Crippen molar-refractivity contribution in [3.63, 3.8) is 0 Å². The second-order valence-electron chi connectivity index (χ2n) is 2.41. The summed E-state index contributed by atoms with van der Waals surface area (Å²) in [5, 5.41) is 3.28. The van der Waals surface area contributed by atoms with Crippen molar-refractivity contribution in [1.29, 1.82) is 0 Å². The Morgan fingerprint density at radius 2 is 2.33 bits per heavy atom. The minimum absolute atomic E-state index is 0.295. The van der Waals surface area contributed by atoms with E-state index in [9.17, 15) is 0 Å². The van der Waals surface area contributed by atoms with Gasteiger partial charge in [0.05, 0.1) is 6.26 Å². The van der Waals surface area contributed by atoms with Crippen LogP contribution in [-0.2, 0) is 4.74 Å². The van der Waals surface area contributed by atoms with Gasteiger partial charge < -0.3 is 10.1 Å². The van der Waals surface area contributed by atoms with E-state index < -0.39 is 0 Å². The number of ether oxygens (including phenoxy) is 1. The largest absolute Gasteiger partial charge is 0.497 e. The van der Waals surface area contributed by atoms with Crippen LogP contribution in [0, 0.1) is 0 Å². The van der Waals surface area contributed by atoms with Gasteiger partial charge in [-0.2, -0.15) is 0 Å². The Morgan fingerprint density at radius 1 is 1.56 bits per heavy atom. The lowest BCUT2D eigenvalue weighted by atomic mass is 10.2. The molecule has 0 saturated heterocycles. The van der Waals surface area contributed by atoms with Gasteiger partial charge in [0, 0.05) is 12.6 Å². The minimum atomic E-state index is 0.295. The number of hydrogen-bond acceptors (Lipinski definition) is 2. The molecule has 0 aromatic carbocycles. The lowest BCUT2D eigenvalue weighted by Crippen LogP contribution is -2.34. The molecule has 2 heteroatoms. The highest BCUT2D eigenvalue weighted by Gasteiger charge is 2.11. The summed E-state index contributed by atoms with van der Waals surface area (Å²) in [6, 6.07) is 0.458. The van der Waals surface area contributed by atoms with Gasteiger partial charge in [0.2, 0.25) is 0 Å². The summed E-state index contributed by atoms with van der Waals surface area (Å²) in [5.41, 5.74) is 0. The minimum Gasteiger partial charge on any atom is -0.497 e. The third-order valence-corrected chi connectivity index (χ3v) is 1.65. The van der Waals surface area contributed by atoms with Crippen molar-refractivity contribution < 1.29 is 4.74 Å². The Morgan fingerprint density at radius 3 is 3.11 bits per heavy atom. The van der Waals surface area contributed by atoms with E-state index in [-0.39, 0.29) is 0 Å². The molecule has 1 rings (SSSR count). The summed E-state index contributed by atoms with van der Waals surface area (Å²) >= 11 is 0. The van der Waals surface area contributed by atoms with Gasteiger partial charge >= 0.3 is 0 Å². The molecule has 0 saturated carbocycles. The lowest BCUT2D eigenvalue weighted by Gasteiger charge is -2.16. The highest BCUT2D eigenvalue weighted by atomic mass is 16.5. The quantitative estimate of drug-likeness (QED) is 0.522. The second kappa shape index (κ2) is 2.87. The van der Waals surface area contributed by atoms with E-state index in [1.807, 2.05) is 6.08 Å². The molecule has 52 valence electrons. The molecule has 1 heterocycles. The zero-order chi connectivity index (χ0) is 6.69. The Balaban J connectivity index is 2.42. The molecular formula is C7H13NO. The zero-order valence-corrected chi connectivity index (χ0v) is 5.92. The highest BCUT2D eigenvalue weighted by Crippen LogP contribution is 2.00. The van der Waals surface area contributed by atoms with E-state index >= 15 is 0 Å². The van der Waals surface area contributed by atoms with E-state index in [1.54, 1.807) is 6.26 Å². The molecule has 2 atom stereocenters. The van der Waals surface area contributed by atoms with Crippen molar-refractivity contribution >= 4 is 0 Å². The summed E-state index contributed by atoms with van der Waals surface area (Å²) in [5.74, 6) is 0. The van der Waals surface area contributed by atoms with Crippen LogP contribution >= 0.6 is 0 Å². The van der Waals surface area contributed by atoms with Crippen LogP contribution in [0.1, 0.15) is 13.8 Å². The molecular weight excluding hydrogens is 114 g/mol. The van der Waals surface area contributed by atoms with Crippen LogP contribution < -0.4 is 5.32 Å². The van der Waals surface area contributed by atoms with Gasteiger partial charge in [0.1, 0.15) is 6.10 Å². The molecule has 1 N–H and O–H groups in total. The average Bonchev–Trinajstić information content (AvgIpc) is 1.99. The third-order valence-electron chi connectivity index (χ3n) is 1.65. The van der Waals surface area contributed by atoms with Crippen molar-refractivity contribution in [2.45, 2.75) is 26.0 Å². The topological polar surface area (TPSA) is 21.3 Å². The molecule has 2 nitrogen and oxygen atoms in total. The molecule has 9 heavy (non-hydrogen) atoms. The van der Waals surface area contributed by atoms with Crippen LogP contribution in [0.15, 0.2) is 12.3 Å². The summed E-state index contributed by atoms with van der Waals surface area (Å²) < 4.78 is 5.27. The first-order chi connectivity index (χ1) is 4.30. The van der Waals surface area contributed by atoms with Gasteiger partial charge in [0.15, 0.2) is 0 Å². The third kappa shape index (κ3) is 1.72. The van der Waals surface area contributed by atoms with Gasteiger partial charge in [0.25, 0.3) is 0 Å². The maximum atomic E-state index is 5.27. The Bertz CT molecular complexity index is 111. The molecule has 1 aliphatic rings. The fourth-order valence-corrected chi connectivity index (χ4v) is 0.765. The molecule has 0 aliphatic carbocycles. The van der Waals surface area contributed by atoms with Gasteiger partial charge in [-0.25, -0.2) is 0 Å². The molecule has 0 aromatic rings. The fraction of sp³-hybridized carbons (Fsp3) is 0.714. The van der Waals surface area contributed by atoms with E-state index in [0.717, 1.165) is 6.54 Å². The highest BCUT2D eigenvalue weighted by molar-refractivity contribution is 4.85. The second-order valence-corrected chi connectivity index (χ2v) is 2.41. The van der Waals surface area contributed by atoms with Crippen LogP contribution in [0.3, 0.4) is 0 Å². The van der Waals surface area contributed by atoms with Crippen molar-refractivity contribution in [3.8, 4) is 0 Å². The van der Waals surface area contributed by atoms with E-state index in [4.69, 9.17) is 4.74 Å². The van der Waals surface area contributed by atoms with E-state index in [1.165, 1.54) is 0 Å². The first-order valence-corrected chi connectivity index (χ1v) is 3.34. The monoisotopic (exact) mass is 127 g/mol. The zero-order valence-electron chi connectivity index (χ0n) is 5.92. The van der Waals surface area contributed by atoms with Gasteiger partial charge in [-0.3, -0.25) is 0 Å². The Labute approximate surface area is 55.9 Å². The predicted octanol–water partition coefficient (Wildman–Crippen LogP) is 0.897. The van der Waals surface area contributed by atoms with Crippen LogP contribution in [0.25, 0.3) is 0 Å². The molecule has 0 radical (unpaired) electrons. The van der Waals surface area contributed by atoms with Crippen molar-refractivity contribution in [2.24, 2.45) is 0 Å².